The van der Waals surface area contributed by atoms with E-state index in [1.165, 1.54) is 25.3 Å². The number of pyridine rings is 1. The minimum atomic E-state index is -0.539. The number of ether oxygens (including phenoxy) is 1. The van der Waals surface area contributed by atoms with Gasteiger partial charge in [0.05, 0.1) is 23.8 Å². The van der Waals surface area contributed by atoms with E-state index >= 15 is 0 Å². The third kappa shape index (κ3) is 5.39. The van der Waals surface area contributed by atoms with Crippen LogP contribution >= 0.6 is 0 Å². The summed E-state index contributed by atoms with van der Waals surface area (Å²) in [5.74, 6) is -0.247. The van der Waals surface area contributed by atoms with Crippen LogP contribution < -0.4 is 27.0 Å². The summed E-state index contributed by atoms with van der Waals surface area (Å²) in [4.78, 5) is 35.0. The second kappa shape index (κ2) is 10.1. The predicted molar refractivity (Wildman–Crippen MR) is 105 cm³/mol. The van der Waals surface area contributed by atoms with Crippen molar-refractivity contribution in [1.29, 1.82) is 0 Å². The summed E-state index contributed by atoms with van der Waals surface area (Å²) in [5, 5.41) is 13.5. The summed E-state index contributed by atoms with van der Waals surface area (Å²) in [6, 6.07) is 16.2. The number of aromatic nitrogens is 1. The molecule has 0 saturated carbocycles. The molecule has 0 radical (unpaired) electrons. The molecule has 0 unspecified atom stereocenters. The quantitative estimate of drug-likeness (QED) is 0.243. The van der Waals surface area contributed by atoms with Gasteiger partial charge in [0.2, 0.25) is 6.54 Å². The number of carbonyl (C=O) groups excluding carboxylic acids is 2. The Balaban J connectivity index is 0.00000320. The zero-order valence-electron chi connectivity index (χ0n) is 15.9. The molecule has 1 amide bonds. The number of amides is 1. The van der Waals surface area contributed by atoms with Gasteiger partial charge in [-0.2, -0.15) is 4.57 Å². The molecule has 1 N–H and O–H groups in total. The lowest BCUT2D eigenvalue weighted by molar-refractivity contribution is -0.684. The van der Waals surface area contributed by atoms with E-state index in [2.05, 4.69) is 5.32 Å². The smallest absolute Gasteiger partial charge is 0.290 e. The molecular weight excluding hydrogens is 410 g/mol. The summed E-state index contributed by atoms with van der Waals surface area (Å²) in [6.45, 7) is -0.0000503. The van der Waals surface area contributed by atoms with Gasteiger partial charge in [0.1, 0.15) is 5.75 Å². The topological polar surface area (TPSA) is 102 Å². The van der Waals surface area contributed by atoms with Crippen LogP contribution in [0.25, 0.3) is 0 Å². The molecule has 0 aliphatic rings. The molecule has 30 heavy (non-hydrogen) atoms. The number of rotatable bonds is 7. The second-order valence-electron chi connectivity index (χ2n) is 6.14. The highest BCUT2D eigenvalue weighted by Gasteiger charge is 2.16. The largest absolute Gasteiger partial charge is 1.00 e. The van der Waals surface area contributed by atoms with Crippen molar-refractivity contribution in [2.45, 2.75) is 6.54 Å². The van der Waals surface area contributed by atoms with Crippen molar-refractivity contribution in [3.8, 4) is 5.75 Å². The third-order valence-electron chi connectivity index (χ3n) is 4.19. The molecule has 0 atom stereocenters. The van der Waals surface area contributed by atoms with Crippen molar-refractivity contribution in [3.63, 3.8) is 0 Å². The predicted octanol–water partition coefficient (Wildman–Crippen LogP) is -0.235. The van der Waals surface area contributed by atoms with Crippen molar-refractivity contribution in [3.05, 3.63) is 94.3 Å². The van der Waals surface area contributed by atoms with Gasteiger partial charge in [-0.15, -0.1) is 0 Å². The summed E-state index contributed by atoms with van der Waals surface area (Å²) >= 11 is 0. The number of benzene rings is 2. The summed E-state index contributed by atoms with van der Waals surface area (Å²) in [5.41, 5.74) is 1.31. The first-order valence-electron chi connectivity index (χ1n) is 8.69. The van der Waals surface area contributed by atoms with Crippen LogP contribution in [0.4, 0.5) is 11.4 Å². The van der Waals surface area contributed by atoms with E-state index in [1.54, 1.807) is 53.4 Å². The number of hydrogen-bond acceptors (Lipinski definition) is 5. The monoisotopic (exact) mass is 427 g/mol. The van der Waals surface area contributed by atoms with Crippen molar-refractivity contribution in [1.82, 2.24) is 0 Å². The number of halogens is 1. The molecule has 0 bridgehead atoms. The van der Waals surface area contributed by atoms with Gasteiger partial charge < -0.3 is 22.5 Å². The number of ketones is 1. The van der Waals surface area contributed by atoms with E-state index in [0.717, 1.165) is 0 Å². The number of nitro benzene ring substituents is 1. The third-order valence-corrected chi connectivity index (χ3v) is 4.19. The van der Waals surface area contributed by atoms with Crippen LogP contribution in [-0.4, -0.2) is 23.7 Å². The van der Waals surface area contributed by atoms with Gasteiger partial charge in [0.15, 0.2) is 18.2 Å². The first-order chi connectivity index (χ1) is 14.0. The molecule has 0 saturated heterocycles. The average Bonchev–Trinajstić information content (AvgIpc) is 2.74. The Morgan fingerprint density at radius 2 is 1.67 bits per heavy atom. The fourth-order valence-electron chi connectivity index (χ4n) is 2.72. The standard InChI is InChI=1S/C21H17N3O5.ClH/c1-29-19-13-17(24(27)28)7-8-18(19)22-20(25)14-23-11-9-16(10-12-23)21(26)15-5-3-2-4-6-15;/h2-13H,14H2,1H3;1H. The van der Waals surface area contributed by atoms with Crippen molar-refractivity contribution in [2.24, 2.45) is 0 Å². The van der Waals surface area contributed by atoms with Crippen molar-refractivity contribution < 1.29 is 36.2 Å². The molecule has 9 heteroatoms. The molecular formula is C21H18ClN3O5. The van der Waals surface area contributed by atoms with Gasteiger partial charge in [0, 0.05) is 29.3 Å². The molecule has 0 spiro atoms. The van der Waals surface area contributed by atoms with E-state index < -0.39 is 4.92 Å². The number of non-ortho nitro benzene ring substituents is 1. The number of anilines is 1. The summed E-state index contributed by atoms with van der Waals surface area (Å²) in [7, 11) is 1.37. The molecule has 0 aliphatic heterocycles. The molecule has 0 aliphatic carbocycles. The van der Waals surface area contributed by atoms with Gasteiger partial charge in [-0.25, -0.2) is 0 Å². The Bertz CT molecular complexity index is 1060. The number of hydrogen-bond donors (Lipinski definition) is 1. The summed E-state index contributed by atoms with van der Waals surface area (Å²) < 4.78 is 6.73. The minimum Gasteiger partial charge on any atom is -1.00 e. The lowest BCUT2D eigenvalue weighted by Gasteiger charge is -2.08. The van der Waals surface area contributed by atoms with Gasteiger partial charge in [-0.05, 0) is 6.07 Å². The number of nitro groups is 1. The first-order valence-corrected chi connectivity index (χ1v) is 8.69. The first kappa shape index (κ1) is 22.5. The van der Waals surface area contributed by atoms with Crippen LogP contribution in [0.5, 0.6) is 5.75 Å². The zero-order valence-corrected chi connectivity index (χ0v) is 16.7. The zero-order chi connectivity index (χ0) is 20.8. The van der Waals surface area contributed by atoms with Crippen molar-refractivity contribution >= 4 is 23.1 Å². The maximum absolute atomic E-state index is 12.4. The van der Waals surface area contributed by atoms with Crippen LogP contribution in [0.3, 0.4) is 0 Å². The van der Waals surface area contributed by atoms with Gasteiger partial charge in [-0.3, -0.25) is 19.7 Å². The van der Waals surface area contributed by atoms with E-state index in [9.17, 15) is 19.7 Å². The lowest BCUT2D eigenvalue weighted by atomic mass is 10.0. The van der Waals surface area contributed by atoms with Gasteiger partial charge in [-0.1, -0.05) is 30.3 Å². The van der Waals surface area contributed by atoms with Gasteiger partial charge >= 0.3 is 0 Å². The van der Waals surface area contributed by atoms with E-state index in [4.69, 9.17) is 4.74 Å². The molecule has 1 heterocycles. The number of nitrogens with one attached hydrogen (secondary N) is 1. The Kier molecular flexibility index (Phi) is 7.60. The second-order valence-corrected chi connectivity index (χ2v) is 6.14. The molecule has 2 aromatic carbocycles. The van der Waals surface area contributed by atoms with Crippen LogP contribution in [0, 0.1) is 10.1 Å². The van der Waals surface area contributed by atoms with E-state index in [-0.39, 0.29) is 42.1 Å². The van der Waals surface area contributed by atoms with Crippen LogP contribution in [0.1, 0.15) is 15.9 Å². The van der Waals surface area contributed by atoms with Gasteiger partial charge in [0.25, 0.3) is 11.6 Å². The molecule has 0 fully saturated rings. The summed E-state index contributed by atoms with van der Waals surface area (Å²) in [6.07, 6.45) is 3.28. The fourth-order valence-corrected chi connectivity index (χ4v) is 2.72. The maximum Gasteiger partial charge on any atom is 0.290 e. The van der Waals surface area contributed by atoms with Crippen LogP contribution in [0.2, 0.25) is 0 Å². The number of methoxy groups -OCH3 is 1. The van der Waals surface area contributed by atoms with Crippen LogP contribution in [-0.2, 0) is 11.3 Å². The Morgan fingerprint density at radius 3 is 2.27 bits per heavy atom. The number of carbonyl (C=O) groups is 2. The molecule has 3 aromatic rings. The molecule has 8 nitrogen and oxygen atoms in total. The Labute approximate surface area is 178 Å². The molecule has 1 aromatic heterocycles. The number of nitrogens with zero attached hydrogens (tertiary/aromatic N) is 2. The highest BCUT2D eigenvalue weighted by molar-refractivity contribution is 6.08. The average molecular weight is 428 g/mol. The normalized spacial score (nSPS) is 9.90. The van der Waals surface area contributed by atoms with E-state index in [0.29, 0.717) is 16.8 Å². The maximum atomic E-state index is 12.4. The van der Waals surface area contributed by atoms with Crippen LogP contribution in [0.15, 0.2) is 73.1 Å². The minimum absolute atomic E-state index is 0. The Morgan fingerprint density at radius 1 is 1.03 bits per heavy atom. The fraction of sp³-hybridized carbons (Fsp3) is 0.0952. The highest BCUT2D eigenvalue weighted by Crippen LogP contribution is 2.28. The highest BCUT2D eigenvalue weighted by atomic mass is 35.5. The van der Waals surface area contributed by atoms with E-state index in [1.807, 2.05) is 6.07 Å². The molecule has 3 rings (SSSR count). The molecule has 154 valence electrons. The Hall–Kier alpha value is -3.78. The van der Waals surface area contributed by atoms with Crippen molar-refractivity contribution in [2.75, 3.05) is 12.4 Å². The SMILES string of the molecule is COc1cc([N+](=O)[O-])ccc1NC(=O)C[n+]1ccc(C(=O)c2ccccc2)cc1.[Cl-]. The lowest BCUT2D eigenvalue weighted by Crippen LogP contribution is -3.00.